The maximum Gasteiger partial charge on any atom is 0.185 e. The lowest BCUT2D eigenvalue weighted by molar-refractivity contribution is 0.116. The van der Waals surface area contributed by atoms with Crippen LogP contribution in [0.15, 0.2) is 0 Å². The second kappa shape index (κ2) is 8.11. The van der Waals surface area contributed by atoms with E-state index in [1.165, 1.54) is 29.8 Å². The van der Waals surface area contributed by atoms with Gasteiger partial charge in [0.05, 0.1) is 11.8 Å². The first-order valence-electron chi connectivity index (χ1n) is 8.14. The Balaban J connectivity index is 2.02. The SMILES string of the molecule is CCCNCc1sc(N(C)CC2CCCO2)nc1C(C)C. The van der Waals surface area contributed by atoms with Crippen LogP contribution in [0.1, 0.15) is 56.5 Å². The summed E-state index contributed by atoms with van der Waals surface area (Å²) < 4.78 is 5.73. The van der Waals surface area contributed by atoms with Crippen molar-refractivity contribution in [2.75, 3.05) is 31.6 Å². The summed E-state index contributed by atoms with van der Waals surface area (Å²) in [5.41, 5.74) is 1.25. The molecule has 2 heterocycles. The number of hydrogen-bond donors (Lipinski definition) is 1. The summed E-state index contributed by atoms with van der Waals surface area (Å²) in [7, 11) is 2.13. The smallest absolute Gasteiger partial charge is 0.185 e. The number of nitrogens with zero attached hydrogens (tertiary/aromatic N) is 2. The van der Waals surface area contributed by atoms with Crippen molar-refractivity contribution in [2.24, 2.45) is 0 Å². The van der Waals surface area contributed by atoms with Gasteiger partial charge in [-0.2, -0.15) is 0 Å². The molecule has 1 aromatic heterocycles. The topological polar surface area (TPSA) is 37.4 Å². The summed E-state index contributed by atoms with van der Waals surface area (Å²) >= 11 is 1.83. The van der Waals surface area contributed by atoms with Crippen LogP contribution in [0.3, 0.4) is 0 Å². The van der Waals surface area contributed by atoms with Crippen LogP contribution in [0.4, 0.5) is 5.13 Å². The zero-order chi connectivity index (χ0) is 15.2. The van der Waals surface area contributed by atoms with E-state index in [4.69, 9.17) is 9.72 Å². The monoisotopic (exact) mass is 311 g/mol. The molecule has 0 aromatic carbocycles. The van der Waals surface area contributed by atoms with Crippen molar-refractivity contribution in [3.8, 4) is 0 Å². The van der Waals surface area contributed by atoms with E-state index in [0.717, 1.165) is 31.4 Å². The van der Waals surface area contributed by atoms with Crippen LogP contribution >= 0.6 is 11.3 Å². The number of aromatic nitrogens is 1. The number of thiazole rings is 1. The molecule has 1 aliphatic heterocycles. The standard InChI is InChI=1S/C16H29N3OS/c1-5-8-17-10-14-15(12(2)3)18-16(21-14)19(4)11-13-7-6-9-20-13/h12-13,17H,5-11H2,1-4H3. The van der Waals surface area contributed by atoms with Crippen molar-refractivity contribution in [1.29, 1.82) is 0 Å². The van der Waals surface area contributed by atoms with Gasteiger partial charge < -0.3 is 15.0 Å². The Morgan fingerprint density at radius 2 is 2.29 bits per heavy atom. The van der Waals surface area contributed by atoms with Gasteiger partial charge in [0.1, 0.15) is 0 Å². The van der Waals surface area contributed by atoms with Crippen LogP contribution in [0, 0.1) is 0 Å². The lowest BCUT2D eigenvalue weighted by atomic mass is 10.1. The number of anilines is 1. The molecule has 0 bridgehead atoms. The molecule has 21 heavy (non-hydrogen) atoms. The molecule has 1 aromatic rings. The second-order valence-electron chi connectivity index (χ2n) is 6.15. The molecule has 1 unspecified atom stereocenters. The minimum Gasteiger partial charge on any atom is -0.376 e. The molecule has 2 rings (SSSR count). The summed E-state index contributed by atoms with van der Waals surface area (Å²) in [5, 5.41) is 4.63. The van der Waals surface area contributed by atoms with Crippen LogP contribution in [0.25, 0.3) is 0 Å². The Labute approximate surface area is 132 Å². The fourth-order valence-corrected chi connectivity index (χ4v) is 3.80. The number of nitrogens with one attached hydrogen (secondary N) is 1. The molecule has 1 saturated heterocycles. The highest BCUT2D eigenvalue weighted by Gasteiger charge is 2.21. The molecule has 1 fully saturated rings. The van der Waals surface area contributed by atoms with E-state index in [0.29, 0.717) is 12.0 Å². The van der Waals surface area contributed by atoms with Gasteiger partial charge in [0.25, 0.3) is 0 Å². The fraction of sp³-hybridized carbons (Fsp3) is 0.812. The van der Waals surface area contributed by atoms with E-state index >= 15 is 0 Å². The Kier molecular flexibility index (Phi) is 6.45. The van der Waals surface area contributed by atoms with Crippen molar-refractivity contribution < 1.29 is 4.74 Å². The van der Waals surface area contributed by atoms with Gasteiger partial charge >= 0.3 is 0 Å². The minimum atomic E-state index is 0.378. The van der Waals surface area contributed by atoms with Crippen LogP contribution in [0.5, 0.6) is 0 Å². The molecule has 1 N–H and O–H groups in total. The highest BCUT2D eigenvalue weighted by atomic mass is 32.1. The summed E-state index contributed by atoms with van der Waals surface area (Å²) in [4.78, 5) is 8.52. The first-order chi connectivity index (χ1) is 10.1. The quantitative estimate of drug-likeness (QED) is 0.747. The highest BCUT2D eigenvalue weighted by Crippen LogP contribution is 2.31. The number of likely N-dealkylation sites (N-methyl/N-ethyl adjacent to an activating group) is 1. The van der Waals surface area contributed by atoms with E-state index in [1.54, 1.807) is 0 Å². The van der Waals surface area contributed by atoms with Crippen LogP contribution in [-0.2, 0) is 11.3 Å². The summed E-state index contributed by atoms with van der Waals surface area (Å²) in [5.74, 6) is 0.476. The largest absolute Gasteiger partial charge is 0.376 e. The molecule has 0 saturated carbocycles. The van der Waals surface area contributed by atoms with Gasteiger partial charge in [0.2, 0.25) is 0 Å². The first kappa shape index (κ1) is 16.7. The zero-order valence-corrected chi connectivity index (χ0v) is 14.6. The van der Waals surface area contributed by atoms with E-state index in [1.807, 2.05) is 11.3 Å². The Bertz CT molecular complexity index is 427. The average Bonchev–Trinajstić information content (AvgIpc) is 3.08. The zero-order valence-electron chi connectivity index (χ0n) is 13.8. The van der Waals surface area contributed by atoms with Crippen molar-refractivity contribution in [1.82, 2.24) is 10.3 Å². The van der Waals surface area contributed by atoms with Crippen LogP contribution in [0.2, 0.25) is 0 Å². The number of rotatable bonds is 8. The molecule has 5 heteroatoms. The molecule has 0 amide bonds. The van der Waals surface area contributed by atoms with E-state index in [9.17, 15) is 0 Å². The van der Waals surface area contributed by atoms with Crippen molar-refractivity contribution in [3.05, 3.63) is 10.6 Å². The molecule has 1 aliphatic rings. The van der Waals surface area contributed by atoms with Gasteiger partial charge in [-0.25, -0.2) is 4.98 Å². The Hall–Kier alpha value is -0.650. The van der Waals surface area contributed by atoms with Gasteiger partial charge in [-0.1, -0.05) is 20.8 Å². The molecular weight excluding hydrogens is 282 g/mol. The summed E-state index contributed by atoms with van der Waals surface area (Å²) in [6.07, 6.45) is 3.92. The normalized spacial score (nSPS) is 18.6. The van der Waals surface area contributed by atoms with E-state index in [-0.39, 0.29) is 0 Å². The fourth-order valence-electron chi connectivity index (χ4n) is 2.64. The van der Waals surface area contributed by atoms with E-state index < -0.39 is 0 Å². The molecular formula is C16H29N3OS. The lowest BCUT2D eigenvalue weighted by Gasteiger charge is -2.19. The predicted molar refractivity (Wildman–Crippen MR) is 90.4 cm³/mol. The lowest BCUT2D eigenvalue weighted by Crippen LogP contribution is -2.28. The van der Waals surface area contributed by atoms with Gasteiger partial charge in [-0.3, -0.25) is 0 Å². The van der Waals surface area contributed by atoms with Crippen LogP contribution < -0.4 is 10.2 Å². The molecule has 4 nitrogen and oxygen atoms in total. The van der Waals surface area contributed by atoms with Gasteiger partial charge in [-0.15, -0.1) is 11.3 Å². The minimum absolute atomic E-state index is 0.378. The van der Waals surface area contributed by atoms with Crippen molar-refractivity contribution >= 4 is 16.5 Å². The predicted octanol–water partition coefficient (Wildman–Crippen LogP) is 3.38. The third kappa shape index (κ3) is 4.66. The number of hydrogen-bond acceptors (Lipinski definition) is 5. The van der Waals surface area contributed by atoms with Gasteiger partial charge in [0, 0.05) is 31.6 Å². The Morgan fingerprint density at radius 1 is 1.48 bits per heavy atom. The molecule has 120 valence electrons. The highest BCUT2D eigenvalue weighted by molar-refractivity contribution is 7.15. The molecule has 0 radical (unpaired) electrons. The third-order valence-corrected chi connectivity index (χ3v) is 4.99. The van der Waals surface area contributed by atoms with Crippen LogP contribution in [-0.4, -0.2) is 37.8 Å². The van der Waals surface area contributed by atoms with E-state index in [2.05, 4.69) is 38.0 Å². The van der Waals surface area contributed by atoms with Crippen molar-refractivity contribution in [2.45, 2.75) is 58.6 Å². The Morgan fingerprint density at radius 3 is 2.90 bits per heavy atom. The molecule has 1 atom stereocenters. The van der Waals surface area contributed by atoms with Gasteiger partial charge in [-0.05, 0) is 31.7 Å². The second-order valence-corrected chi connectivity index (χ2v) is 7.21. The summed E-state index contributed by atoms with van der Waals surface area (Å²) in [6.45, 7) is 10.5. The average molecular weight is 311 g/mol. The van der Waals surface area contributed by atoms with Gasteiger partial charge in [0.15, 0.2) is 5.13 Å². The molecule has 0 spiro atoms. The molecule has 0 aliphatic carbocycles. The third-order valence-electron chi connectivity index (χ3n) is 3.80. The first-order valence-corrected chi connectivity index (χ1v) is 8.96. The number of ether oxygens (including phenoxy) is 1. The maximum absolute atomic E-state index is 5.73. The maximum atomic E-state index is 5.73. The summed E-state index contributed by atoms with van der Waals surface area (Å²) in [6, 6.07) is 0. The van der Waals surface area contributed by atoms with Crippen molar-refractivity contribution in [3.63, 3.8) is 0 Å².